The number of para-hydroxylation sites is 1. The molecule has 0 unspecified atom stereocenters. The Kier molecular flexibility index (Phi) is 8.16. The van der Waals surface area contributed by atoms with Gasteiger partial charge in [-0.15, -0.1) is 0 Å². The summed E-state index contributed by atoms with van der Waals surface area (Å²) in [5.74, 6) is 0.0627. The number of nitrogens with one attached hydrogen (secondary N) is 2. The lowest BCUT2D eigenvalue weighted by Gasteiger charge is -2.18. The number of amides is 1. The van der Waals surface area contributed by atoms with Gasteiger partial charge in [-0.2, -0.15) is 4.31 Å². The number of carbonyl (C=O) groups excluding carboxylic acids is 1. The highest BCUT2D eigenvalue weighted by atomic mass is 32.2. The second-order valence-electron chi connectivity index (χ2n) is 7.11. The number of carbonyl (C=O) groups is 1. The molecule has 0 bridgehead atoms. The van der Waals surface area contributed by atoms with Crippen LogP contribution in [-0.2, 0) is 16.6 Å². The highest BCUT2D eigenvalue weighted by molar-refractivity contribution is 7.89. The van der Waals surface area contributed by atoms with Crippen LogP contribution in [-0.4, -0.2) is 37.4 Å². The summed E-state index contributed by atoms with van der Waals surface area (Å²) >= 11 is 5.23. The van der Waals surface area contributed by atoms with Gasteiger partial charge < -0.3 is 10.1 Å². The van der Waals surface area contributed by atoms with E-state index in [2.05, 4.69) is 10.6 Å². The molecule has 7 nitrogen and oxygen atoms in total. The van der Waals surface area contributed by atoms with Gasteiger partial charge in [-0.05, 0) is 61.1 Å². The SMILES string of the molecule is CCOc1ccccc1C(=O)NC(=S)Nc1ccc(S(=O)(=O)N(C)Cc2ccccc2)cc1. The summed E-state index contributed by atoms with van der Waals surface area (Å²) in [6.07, 6.45) is 0. The predicted molar refractivity (Wildman–Crippen MR) is 133 cm³/mol. The topological polar surface area (TPSA) is 87.7 Å². The lowest BCUT2D eigenvalue weighted by atomic mass is 10.2. The van der Waals surface area contributed by atoms with Crippen molar-refractivity contribution in [3.63, 3.8) is 0 Å². The molecule has 2 N–H and O–H groups in total. The molecule has 0 spiro atoms. The van der Waals surface area contributed by atoms with Crippen LogP contribution in [0.15, 0.2) is 83.8 Å². The molecule has 0 heterocycles. The Labute approximate surface area is 199 Å². The third-order valence-electron chi connectivity index (χ3n) is 4.73. The molecule has 0 radical (unpaired) electrons. The highest BCUT2D eigenvalue weighted by Crippen LogP contribution is 2.20. The Balaban J connectivity index is 1.63. The number of benzene rings is 3. The van der Waals surface area contributed by atoms with Crippen molar-refractivity contribution >= 4 is 38.9 Å². The van der Waals surface area contributed by atoms with Gasteiger partial charge in [-0.1, -0.05) is 42.5 Å². The largest absolute Gasteiger partial charge is 0.493 e. The number of sulfonamides is 1. The molecule has 9 heteroatoms. The first-order valence-corrected chi connectivity index (χ1v) is 12.1. The number of rotatable bonds is 8. The summed E-state index contributed by atoms with van der Waals surface area (Å²) in [5.41, 5.74) is 1.81. The molecule has 3 rings (SSSR count). The van der Waals surface area contributed by atoms with Crippen molar-refractivity contribution in [2.75, 3.05) is 19.0 Å². The second kappa shape index (κ2) is 11.0. The van der Waals surface area contributed by atoms with E-state index in [0.29, 0.717) is 23.6 Å². The molecule has 0 atom stereocenters. The average molecular weight is 484 g/mol. The minimum atomic E-state index is -3.66. The summed E-state index contributed by atoms with van der Waals surface area (Å²) in [6, 6.07) is 22.4. The maximum Gasteiger partial charge on any atom is 0.261 e. The standard InChI is InChI=1S/C24H25N3O4S2/c1-3-31-22-12-8-7-11-21(22)23(28)26-24(32)25-19-13-15-20(16-14-19)33(29,30)27(2)17-18-9-5-4-6-10-18/h4-16H,3,17H2,1-2H3,(H2,25,26,28,32). The zero-order valence-corrected chi connectivity index (χ0v) is 19.9. The second-order valence-corrected chi connectivity index (χ2v) is 9.56. The van der Waals surface area contributed by atoms with Crippen LogP contribution in [0.3, 0.4) is 0 Å². The van der Waals surface area contributed by atoms with Crippen LogP contribution in [0.25, 0.3) is 0 Å². The van der Waals surface area contributed by atoms with E-state index in [1.807, 2.05) is 37.3 Å². The van der Waals surface area contributed by atoms with Crippen molar-refractivity contribution in [3.8, 4) is 5.75 Å². The van der Waals surface area contributed by atoms with E-state index in [4.69, 9.17) is 17.0 Å². The Morgan fingerprint density at radius 3 is 2.27 bits per heavy atom. The van der Waals surface area contributed by atoms with Crippen LogP contribution in [0, 0.1) is 0 Å². The van der Waals surface area contributed by atoms with E-state index in [9.17, 15) is 13.2 Å². The van der Waals surface area contributed by atoms with E-state index in [-0.39, 0.29) is 16.6 Å². The molecule has 0 aliphatic carbocycles. The van der Waals surface area contributed by atoms with Crippen molar-refractivity contribution in [1.29, 1.82) is 0 Å². The van der Waals surface area contributed by atoms with Gasteiger partial charge >= 0.3 is 0 Å². The van der Waals surface area contributed by atoms with Crippen molar-refractivity contribution in [1.82, 2.24) is 9.62 Å². The first-order valence-electron chi connectivity index (χ1n) is 10.3. The summed E-state index contributed by atoms with van der Waals surface area (Å²) in [7, 11) is -2.12. The molecule has 0 saturated heterocycles. The molecule has 3 aromatic carbocycles. The van der Waals surface area contributed by atoms with Gasteiger partial charge in [-0.3, -0.25) is 10.1 Å². The molecule has 0 aliphatic rings. The first-order chi connectivity index (χ1) is 15.8. The van der Waals surface area contributed by atoms with Crippen molar-refractivity contribution in [2.45, 2.75) is 18.4 Å². The Morgan fingerprint density at radius 2 is 1.61 bits per heavy atom. The molecule has 0 saturated carbocycles. The van der Waals surface area contributed by atoms with Gasteiger partial charge in [0.05, 0.1) is 17.1 Å². The summed E-state index contributed by atoms with van der Waals surface area (Å²) < 4.78 is 32.5. The number of anilines is 1. The van der Waals surface area contributed by atoms with Crippen LogP contribution < -0.4 is 15.4 Å². The quantitative estimate of drug-likeness (QED) is 0.471. The minimum Gasteiger partial charge on any atom is -0.493 e. The summed E-state index contributed by atoms with van der Waals surface area (Å²) in [4.78, 5) is 12.7. The van der Waals surface area contributed by atoms with Crippen molar-refractivity contribution in [2.24, 2.45) is 0 Å². The predicted octanol–water partition coefficient (Wildman–Crippen LogP) is 4.03. The van der Waals surface area contributed by atoms with Crippen LogP contribution in [0.4, 0.5) is 5.69 Å². The van der Waals surface area contributed by atoms with Gasteiger partial charge in [0.1, 0.15) is 5.75 Å². The van der Waals surface area contributed by atoms with Crippen LogP contribution in [0.5, 0.6) is 5.75 Å². The molecular formula is C24H25N3O4S2. The molecular weight excluding hydrogens is 458 g/mol. The van der Waals surface area contributed by atoms with Crippen molar-refractivity contribution in [3.05, 3.63) is 90.0 Å². The average Bonchev–Trinajstić information content (AvgIpc) is 2.80. The number of thiocarbonyl (C=S) groups is 1. The Bertz CT molecular complexity index is 1210. The monoisotopic (exact) mass is 483 g/mol. The van der Waals surface area contributed by atoms with E-state index in [1.165, 1.54) is 16.4 Å². The van der Waals surface area contributed by atoms with E-state index < -0.39 is 15.9 Å². The van der Waals surface area contributed by atoms with Gasteiger partial charge in [0.25, 0.3) is 5.91 Å². The third kappa shape index (κ3) is 6.38. The lowest BCUT2D eigenvalue weighted by Crippen LogP contribution is -2.34. The normalized spacial score (nSPS) is 11.1. The maximum atomic E-state index is 12.9. The molecule has 172 valence electrons. The number of ether oxygens (including phenoxy) is 1. The minimum absolute atomic E-state index is 0.0862. The van der Waals surface area contributed by atoms with Gasteiger partial charge in [0.2, 0.25) is 10.0 Å². The number of hydrogen-bond acceptors (Lipinski definition) is 5. The van der Waals surface area contributed by atoms with Crippen LogP contribution in [0.1, 0.15) is 22.8 Å². The summed E-state index contributed by atoms with van der Waals surface area (Å²) in [5, 5.41) is 5.59. The molecule has 3 aromatic rings. The van der Waals surface area contributed by atoms with Gasteiger partial charge in [0, 0.05) is 19.3 Å². The maximum absolute atomic E-state index is 12.9. The van der Waals surface area contributed by atoms with Gasteiger partial charge in [-0.25, -0.2) is 8.42 Å². The van der Waals surface area contributed by atoms with Crippen LogP contribution >= 0.6 is 12.2 Å². The van der Waals surface area contributed by atoms with Crippen LogP contribution in [0.2, 0.25) is 0 Å². The first kappa shape index (κ1) is 24.4. The lowest BCUT2D eigenvalue weighted by molar-refractivity contribution is 0.0974. The Hall–Kier alpha value is -3.27. The number of nitrogens with zero attached hydrogens (tertiary/aromatic N) is 1. The van der Waals surface area contributed by atoms with Crippen molar-refractivity contribution < 1.29 is 17.9 Å². The molecule has 1 amide bonds. The van der Waals surface area contributed by atoms with E-state index >= 15 is 0 Å². The zero-order chi connectivity index (χ0) is 23.8. The fourth-order valence-electron chi connectivity index (χ4n) is 3.08. The highest BCUT2D eigenvalue weighted by Gasteiger charge is 2.21. The fraction of sp³-hybridized carbons (Fsp3) is 0.167. The molecule has 0 aromatic heterocycles. The summed E-state index contributed by atoms with van der Waals surface area (Å²) in [6.45, 7) is 2.54. The van der Waals surface area contributed by atoms with E-state index in [0.717, 1.165) is 5.56 Å². The smallest absolute Gasteiger partial charge is 0.261 e. The molecule has 33 heavy (non-hydrogen) atoms. The van der Waals surface area contributed by atoms with Gasteiger partial charge in [0.15, 0.2) is 5.11 Å². The fourth-order valence-corrected chi connectivity index (χ4v) is 4.45. The third-order valence-corrected chi connectivity index (χ3v) is 6.75. The molecule has 0 aliphatic heterocycles. The Morgan fingerprint density at radius 1 is 0.970 bits per heavy atom. The molecule has 0 fully saturated rings. The zero-order valence-electron chi connectivity index (χ0n) is 18.3. The van der Waals surface area contributed by atoms with E-state index in [1.54, 1.807) is 43.4 Å². The number of hydrogen-bond donors (Lipinski definition) is 2.